The van der Waals surface area contributed by atoms with E-state index in [2.05, 4.69) is 5.32 Å². The third kappa shape index (κ3) is 5.78. The SMILES string of the molecule is CC(Oc1ccccc1Cl)C(=O)N1CCCN(C(=O)Nc2cccc(Cl)c2)CC1. The van der Waals surface area contributed by atoms with Gasteiger partial charge in [0.2, 0.25) is 0 Å². The molecule has 1 N–H and O–H groups in total. The lowest BCUT2D eigenvalue weighted by Crippen LogP contribution is -2.43. The Kier molecular flexibility index (Phi) is 7.23. The summed E-state index contributed by atoms with van der Waals surface area (Å²) in [7, 11) is 0. The van der Waals surface area contributed by atoms with Crippen molar-refractivity contribution in [3.63, 3.8) is 0 Å². The molecule has 0 radical (unpaired) electrons. The lowest BCUT2D eigenvalue weighted by Gasteiger charge is -2.25. The molecule has 3 rings (SSSR count). The van der Waals surface area contributed by atoms with E-state index in [1.54, 1.807) is 65.3 Å². The van der Waals surface area contributed by atoms with Crippen LogP contribution >= 0.6 is 23.2 Å². The summed E-state index contributed by atoms with van der Waals surface area (Å²) in [5, 5.41) is 3.87. The van der Waals surface area contributed by atoms with Gasteiger partial charge in [-0.3, -0.25) is 4.79 Å². The molecule has 1 aliphatic heterocycles. The number of rotatable bonds is 4. The first-order valence-corrected chi connectivity index (χ1v) is 10.2. The third-order valence-corrected chi connectivity index (χ3v) is 5.21. The van der Waals surface area contributed by atoms with Crippen LogP contribution in [0.5, 0.6) is 5.75 Å². The molecular weight excluding hydrogens is 413 g/mol. The molecule has 6 nitrogen and oxygen atoms in total. The van der Waals surface area contributed by atoms with E-state index in [0.717, 1.165) is 0 Å². The Morgan fingerprint density at radius 3 is 2.48 bits per heavy atom. The maximum absolute atomic E-state index is 12.8. The average Bonchev–Trinajstić information content (AvgIpc) is 2.95. The van der Waals surface area contributed by atoms with E-state index >= 15 is 0 Å². The highest BCUT2D eigenvalue weighted by atomic mass is 35.5. The second-order valence-electron chi connectivity index (χ2n) is 6.80. The van der Waals surface area contributed by atoms with Crippen LogP contribution in [-0.4, -0.2) is 54.0 Å². The van der Waals surface area contributed by atoms with Gasteiger partial charge in [0.15, 0.2) is 6.10 Å². The lowest BCUT2D eigenvalue weighted by atomic mass is 10.3. The highest BCUT2D eigenvalue weighted by molar-refractivity contribution is 6.32. The maximum atomic E-state index is 12.8. The molecular formula is C21H23Cl2N3O3. The Balaban J connectivity index is 1.55. The van der Waals surface area contributed by atoms with Gasteiger partial charge in [0.05, 0.1) is 5.02 Å². The third-order valence-electron chi connectivity index (χ3n) is 4.66. The lowest BCUT2D eigenvalue weighted by molar-refractivity contribution is -0.137. The van der Waals surface area contributed by atoms with Crippen molar-refractivity contribution in [3.8, 4) is 5.75 Å². The number of nitrogens with one attached hydrogen (secondary N) is 1. The van der Waals surface area contributed by atoms with Gasteiger partial charge in [0.25, 0.3) is 5.91 Å². The molecule has 29 heavy (non-hydrogen) atoms. The number of benzene rings is 2. The topological polar surface area (TPSA) is 61.9 Å². The van der Waals surface area contributed by atoms with Crippen LogP contribution in [0.3, 0.4) is 0 Å². The smallest absolute Gasteiger partial charge is 0.321 e. The number of ether oxygens (including phenoxy) is 1. The highest BCUT2D eigenvalue weighted by Gasteiger charge is 2.26. The van der Waals surface area contributed by atoms with E-state index in [4.69, 9.17) is 27.9 Å². The number of carbonyl (C=O) groups excluding carboxylic acids is 2. The number of hydrogen-bond acceptors (Lipinski definition) is 3. The average molecular weight is 436 g/mol. The molecule has 1 atom stereocenters. The monoisotopic (exact) mass is 435 g/mol. The number of para-hydroxylation sites is 1. The van der Waals surface area contributed by atoms with Gasteiger partial charge in [-0.1, -0.05) is 41.4 Å². The Labute approximate surface area is 180 Å². The fourth-order valence-electron chi connectivity index (χ4n) is 3.15. The minimum atomic E-state index is -0.665. The number of halogens is 2. The molecule has 0 aromatic heterocycles. The largest absolute Gasteiger partial charge is 0.479 e. The molecule has 2 aromatic carbocycles. The summed E-state index contributed by atoms with van der Waals surface area (Å²) in [4.78, 5) is 28.8. The predicted octanol–water partition coefficient (Wildman–Crippen LogP) is 4.53. The Bertz CT molecular complexity index is 878. The predicted molar refractivity (Wildman–Crippen MR) is 115 cm³/mol. The van der Waals surface area contributed by atoms with E-state index in [1.807, 2.05) is 0 Å². The van der Waals surface area contributed by atoms with Crippen LogP contribution in [0.25, 0.3) is 0 Å². The van der Waals surface area contributed by atoms with Crippen molar-refractivity contribution < 1.29 is 14.3 Å². The Morgan fingerprint density at radius 1 is 1.00 bits per heavy atom. The van der Waals surface area contributed by atoms with Gasteiger partial charge in [-0.15, -0.1) is 0 Å². The van der Waals surface area contributed by atoms with E-state index in [-0.39, 0.29) is 11.9 Å². The molecule has 0 saturated carbocycles. The number of urea groups is 1. The van der Waals surface area contributed by atoms with Crippen LogP contribution in [0.15, 0.2) is 48.5 Å². The molecule has 8 heteroatoms. The summed E-state index contributed by atoms with van der Waals surface area (Å²) in [5.41, 5.74) is 0.640. The second-order valence-corrected chi connectivity index (χ2v) is 7.64. The Morgan fingerprint density at radius 2 is 1.72 bits per heavy atom. The van der Waals surface area contributed by atoms with Gasteiger partial charge in [-0.05, 0) is 43.7 Å². The van der Waals surface area contributed by atoms with Crippen LogP contribution in [0.1, 0.15) is 13.3 Å². The van der Waals surface area contributed by atoms with Crippen LogP contribution in [-0.2, 0) is 4.79 Å². The van der Waals surface area contributed by atoms with Gasteiger partial charge < -0.3 is 19.9 Å². The molecule has 0 aliphatic carbocycles. The molecule has 1 aliphatic rings. The Hall–Kier alpha value is -2.44. The van der Waals surface area contributed by atoms with E-state index in [0.29, 0.717) is 54.1 Å². The first kappa shape index (κ1) is 21.3. The minimum Gasteiger partial charge on any atom is -0.479 e. The highest BCUT2D eigenvalue weighted by Crippen LogP contribution is 2.24. The quantitative estimate of drug-likeness (QED) is 0.767. The zero-order valence-corrected chi connectivity index (χ0v) is 17.6. The summed E-state index contributed by atoms with van der Waals surface area (Å²) < 4.78 is 5.74. The van der Waals surface area contributed by atoms with Crippen molar-refractivity contribution in [2.75, 3.05) is 31.5 Å². The summed E-state index contributed by atoms with van der Waals surface area (Å²) in [6, 6.07) is 13.9. The number of carbonyl (C=O) groups is 2. The van der Waals surface area contributed by atoms with Crippen molar-refractivity contribution in [1.29, 1.82) is 0 Å². The van der Waals surface area contributed by atoms with E-state index in [1.165, 1.54) is 0 Å². The molecule has 1 heterocycles. The van der Waals surface area contributed by atoms with Gasteiger partial charge >= 0.3 is 6.03 Å². The molecule has 2 aromatic rings. The summed E-state index contributed by atoms with van der Waals surface area (Å²) in [6.07, 6.45) is 0.0230. The van der Waals surface area contributed by atoms with Gasteiger partial charge in [0, 0.05) is 36.9 Å². The number of hydrogen-bond donors (Lipinski definition) is 1. The fourth-order valence-corrected chi connectivity index (χ4v) is 3.52. The van der Waals surface area contributed by atoms with Crippen LogP contribution in [0.2, 0.25) is 10.0 Å². The summed E-state index contributed by atoms with van der Waals surface area (Å²) in [6.45, 7) is 3.72. The van der Waals surface area contributed by atoms with Crippen molar-refractivity contribution >= 4 is 40.8 Å². The van der Waals surface area contributed by atoms with Crippen molar-refractivity contribution in [2.24, 2.45) is 0 Å². The first-order chi connectivity index (χ1) is 13.9. The molecule has 1 fully saturated rings. The number of amides is 3. The molecule has 154 valence electrons. The standard InChI is InChI=1S/C21H23Cl2N3O3/c1-15(29-19-9-3-2-8-18(19)23)20(27)25-10-5-11-26(13-12-25)21(28)24-17-7-4-6-16(22)14-17/h2-4,6-9,14-15H,5,10-13H2,1H3,(H,24,28). The van der Waals surface area contributed by atoms with E-state index in [9.17, 15) is 9.59 Å². The van der Waals surface area contributed by atoms with Crippen LogP contribution in [0.4, 0.5) is 10.5 Å². The number of anilines is 1. The summed E-state index contributed by atoms with van der Waals surface area (Å²) >= 11 is 12.1. The minimum absolute atomic E-state index is 0.123. The second kappa shape index (κ2) is 9.85. The van der Waals surface area contributed by atoms with E-state index < -0.39 is 6.10 Å². The van der Waals surface area contributed by atoms with Crippen molar-refractivity contribution in [1.82, 2.24) is 9.80 Å². The van der Waals surface area contributed by atoms with Crippen molar-refractivity contribution in [2.45, 2.75) is 19.4 Å². The van der Waals surface area contributed by atoms with Crippen LogP contribution < -0.4 is 10.1 Å². The first-order valence-electron chi connectivity index (χ1n) is 9.45. The molecule has 0 spiro atoms. The maximum Gasteiger partial charge on any atom is 0.321 e. The molecule has 1 unspecified atom stereocenters. The molecule has 1 saturated heterocycles. The fraction of sp³-hybridized carbons (Fsp3) is 0.333. The van der Waals surface area contributed by atoms with Gasteiger partial charge in [0.1, 0.15) is 5.75 Å². The zero-order chi connectivity index (χ0) is 20.8. The zero-order valence-electron chi connectivity index (χ0n) is 16.1. The molecule has 3 amide bonds. The molecule has 0 bridgehead atoms. The van der Waals surface area contributed by atoms with Gasteiger partial charge in [-0.2, -0.15) is 0 Å². The van der Waals surface area contributed by atoms with Gasteiger partial charge in [-0.25, -0.2) is 4.79 Å². The number of nitrogens with zero attached hydrogens (tertiary/aromatic N) is 2. The summed E-state index contributed by atoms with van der Waals surface area (Å²) in [5.74, 6) is 0.356. The normalized spacial score (nSPS) is 15.4. The van der Waals surface area contributed by atoms with Crippen LogP contribution in [0, 0.1) is 0 Å². The van der Waals surface area contributed by atoms with Crippen molar-refractivity contribution in [3.05, 3.63) is 58.6 Å².